The van der Waals surface area contributed by atoms with Crippen molar-refractivity contribution in [3.05, 3.63) is 0 Å². The van der Waals surface area contributed by atoms with Crippen LogP contribution in [0.3, 0.4) is 0 Å². The van der Waals surface area contributed by atoms with E-state index in [0.29, 0.717) is 19.5 Å². The fourth-order valence-corrected chi connectivity index (χ4v) is 1.10. The van der Waals surface area contributed by atoms with Gasteiger partial charge in [0.2, 0.25) is 5.91 Å². The van der Waals surface area contributed by atoms with Gasteiger partial charge in [-0.25, -0.2) is 0 Å². The summed E-state index contributed by atoms with van der Waals surface area (Å²) in [6.45, 7) is 0.930. The smallest absolute Gasteiger partial charge is 0.356 e. The van der Waals surface area contributed by atoms with Crippen molar-refractivity contribution in [2.45, 2.75) is 38.3 Å². The second-order valence-electron chi connectivity index (χ2n) is 3.34. The van der Waals surface area contributed by atoms with Crippen molar-refractivity contribution in [2.24, 2.45) is 5.73 Å². The molecule has 0 aromatic carbocycles. The number of amides is 1. The number of nitrogens with one attached hydrogen (secondary N) is 1. The van der Waals surface area contributed by atoms with Crippen LogP contribution >= 0.6 is 0 Å². The van der Waals surface area contributed by atoms with Gasteiger partial charge in [-0.15, -0.1) is 0 Å². The fourth-order valence-electron chi connectivity index (χ4n) is 1.10. The molecule has 1 amide bonds. The number of nitrogens with two attached hydrogens (primary N) is 1. The zero-order valence-electron chi connectivity index (χ0n) is 8.57. The third kappa shape index (κ3) is 11.1. The highest BCUT2D eigenvalue weighted by molar-refractivity contribution is 5.76. The van der Waals surface area contributed by atoms with Crippen molar-refractivity contribution < 1.29 is 18.0 Å². The van der Waals surface area contributed by atoms with Gasteiger partial charge in [0.15, 0.2) is 0 Å². The molecule has 0 rings (SSSR count). The van der Waals surface area contributed by atoms with Gasteiger partial charge in [-0.1, -0.05) is 12.8 Å². The number of unbranched alkanes of at least 4 members (excludes halogenated alkanes) is 3. The Bertz CT molecular complexity index is 183. The van der Waals surface area contributed by atoms with E-state index in [1.807, 2.05) is 0 Å². The summed E-state index contributed by atoms with van der Waals surface area (Å²) in [6.07, 6.45) is -2.37. The minimum Gasteiger partial charge on any atom is -0.356 e. The van der Waals surface area contributed by atoms with Crippen LogP contribution in [0, 0.1) is 0 Å². The van der Waals surface area contributed by atoms with E-state index < -0.39 is 18.5 Å². The summed E-state index contributed by atoms with van der Waals surface area (Å²) < 4.78 is 35.1. The highest BCUT2D eigenvalue weighted by Crippen LogP contribution is 2.18. The summed E-state index contributed by atoms with van der Waals surface area (Å²) in [6, 6.07) is 0. The first kappa shape index (κ1) is 14.2. The number of halogens is 3. The molecule has 0 fully saturated rings. The van der Waals surface area contributed by atoms with Gasteiger partial charge in [-0.05, 0) is 19.4 Å². The van der Waals surface area contributed by atoms with Crippen LogP contribution in [0.2, 0.25) is 0 Å². The maximum absolute atomic E-state index is 11.7. The summed E-state index contributed by atoms with van der Waals surface area (Å²) in [7, 11) is 0. The zero-order valence-corrected chi connectivity index (χ0v) is 8.57. The van der Waals surface area contributed by atoms with Gasteiger partial charge in [-0.2, -0.15) is 13.2 Å². The molecule has 0 aliphatic carbocycles. The molecule has 0 radical (unpaired) electrons. The first-order chi connectivity index (χ1) is 6.95. The fraction of sp³-hybridized carbons (Fsp3) is 0.889. The first-order valence-electron chi connectivity index (χ1n) is 4.99. The Hall–Kier alpha value is -0.780. The number of carbonyl (C=O) groups is 1. The van der Waals surface area contributed by atoms with Crippen LogP contribution in [0.4, 0.5) is 13.2 Å². The average Bonchev–Trinajstić information content (AvgIpc) is 2.08. The molecule has 0 saturated carbocycles. The lowest BCUT2D eigenvalue weighted by molar-refractivity contribution is -0.153. The van der Waals surface area contributed by atoms with Crippen molar-refractivity contribution in [3.8, 4) is 0 Å². The van der Waals surface area contributed by atoms with E-state index in [1.165, 1.54) is 0 Å². The van der Waals surface area contributed by atoms with Crippen molar-refractivity contribution in [3.63, 3.8) is 0 Å². The quantitative estimate of drug-likeness (QED) is 0.647. The molecule has 0 aromatic heterocycles. The lowest BCUT2D eigenvalue weighted by atomic mass is 10.2. The molecule has 0 unspecified atom stereocenters. The third-order valence-corrected chi connectivity index (χ3v) is 1.81. The topological polar surface area (TPSA) is 55.1 Å². The summed E-state index contributed by atoms with van der Waals surface area (Å²) in [5.41, 5.74) is 5.27. The van der Waals surface area contributed by atoms with Gasteiger partial charge >= 0.3 is 6.18 Å². The van der Waals surface area contributed by atoms with Gasteiger partial charge in [0, 0.05) is 6.54 Å². The lowest BCUT2D eigenvalue weighted by Crippen LogP contribution is -2.29. The van der Waals surface area contributed by atoms with E-state index in [2.05, 4.69) is 5.32 Å². The van der Waals surface area contributed by atoms with Crippen molar-refractivity contribution in [1.82, 2.24) is 5.32 Å². The Morgan fingerprint density at radius 3 is 2.27 bits per heavy atom. The maximum atomic E-state index is 11.7. The Morgan fingerprint density at radius 1 is 1.13 bits per heavy atom. The molecule has 0 saturated heterocycles. The van der Waals surface area contributed by atoms with E-state index in [9.17, 15) is 18.0 Å². The summed E-state index contributed by atoms with van der Waals surface area (Å²) in [4.78, 5) is 10.7. The monoisotopic (exact) mass is 226 g/mol. The highest BCUT2D eigenvalue weighted by atomic mass is 19.4. The van der Waals surface area contributed by atoms with Crippen LogP contribution in [0.5, 0.6) is 0 Å². The lowest BCUT2D eigenvalue weighted by Gasteiger charge is -2.07. The second kappa shape index (κ2) is 7.50. The zero-order chi connectivity index (χ0) is 11.7. The summed E-state index contributed by atoms with van der Waals surface area (Å²) in [5.74, 6) is -0.957. The maximum Gasteiger partial charge on any atom is 0.397 e. The molecule has 0 heterocycles. The van der Waals surface area contributed by atoms with Gasteiger partial charge in [0.25, 0.3) is 0 Å². The van der Waals surface area contributed by atoms with Gasteiger partial charge in [-0.3, -0.25) is 4.79 Å². The molecule has 90 valence electrons. The van der Waals surface area contributed by atoms with Crippen LogP contribution in [0.15, 0.2) is 0 Å². The molecule has 15 heavy (non-hydrogen) atoms. The van der Waals surface area contributed by atoms with Crippen molar-refractivity contribution in [2.75, 3.05) is 13.1 Å². The minimum absolute atomic E-state index is 0.305. The molecule has 0 bridgehead atoms. The number of hydrogen-bond donors (Lipinski definition) is 2. The molecule has 3 nitrogen and oxygen atoms in total. The van der Waals surface area contributed by atoms with Crippen molar-refractivity contribution >= 4 is 5.91 Å². The molecular weight excluding hydrogens is 209 g/mol. The van der Waals surface area contributed by atoms with E-state index >= 15 is 0 Å². The number of alkyl halides is 3. The predicted octanol–water partition coefficient (Wildman–Crippen LogP) is 1.57. The molecule has 3 N–H and O–H groups in total. The van der Waals surface area contributed by atoms with E-state index in [0.717, 1.165) is 19.3 Å². The van der Waals surface area contributed by atoms with Crippen LogP contribution in [-0.2, 0) is 4.79 Å². The average molecular weight is 226 g/mol. The molecule has 6 heteroatoms. The number of rotatable bonds is 7. The highest BCUT2D eigenvalue weighted by Gasteiger charge is 2.30. The molecule has 0 aliphatic rings. The molecule has 0 spiro atoms. The summed E-state index contributed by atoms with van der Waals surface area (Å²) >= 11 is 0. The van der Waals surface area contributed by atoms with Gasteiger partial charge in [0.1, 0.15) is 6.42 Å². The second-order valence-corrected chi connectivity index (χ2v) is 3.34. The number of hydrogen-bond acceptors (Lipinski definition) is 2. The SMILES string of the molecule is NCCCCCCNC(=O)CC(F)(F)F. The standard InChI is InChI=1S/C9H17F3N2O/c10-9(11,12)7-8(15)14-6-4-2-1-3-5-13/h1-7,13H2,(H,14,15). The summed E-state index contributed by atoms with van der Waals surface area (Å²) in [5, 5.41) is 2.23. The molecular formula is C9H17F3N2O. The van der Waals surface area contributed by atoms with E-state index in [1.54, 1.807) is 0 Å². The van der Waals surface area contributed by atoms with Crippen LogP contribution in [0.1, 0.15) is 32.1 Å². The molecule has 0 aliphatic heterocycles. The van der Waals surface area contributed by atoms with Crippen LogP contribution in [-0.4, -0.2) is 25.2 Å². The Labute approximate surface area is 87.2 Å². The normalized spacial score (nSPS) is 11.5. The van der Waals surface area contributed by atoms with E-state index in [-0.39, 0.29) is 0 Å². The first-order valence-corrected chi connectivity index (χ1v) is 4.99. The third-order valence-electron chi connectivity index (χ3n) is 1.81. The van der Waals surface area contributed by atoms with Crippen LogP contribution in [0.25, 0.3) is 0 Å². The Kier molecular flexibility index (Phi) is 7.11. The van der Waals surface area contributed by atoms with E-state index in [4.69, 9.17) is 5.73 Å². The molecule has 0 aromatic rings. The van der Waals surface area contributed by atoms with Gasteiger partial charge in [0.05, 0.1) is 0 Å². The largest absolute Gasteiger partial charge is 0.397 e. The van der Waals surface area contributed by atoms with Crippen LogP contribution < -0.4 is 11.1 Å². The Morgan fingerprint density at radius 2 is 1.73 bits per heavy atom. The van der Waals surface area contributed by atoms with Crippen molar-refractivity contribution in [1.29, 1.82) is 0 Å². The number of carbonyl (C=O) groups excluding carboxylic acids is 1. The minimum atomic E-state index is -4.41. The molecule has 0 atom stereocenters. The Balaban J connectivity index is 3.32. The predicted molar refractivity (Wildman–Crippen MR) is 51.2 cm³/mol. The van der Waals surface area contributed by atoms with Gasteiger partial charge < -0.3 is 11.1 Å².